The number of benzene rings is 1. The Morgan fingerprint density at radius 1 is 0.850 bits per heavy atom. The van der Waals surface area contributed by atoms with E-state index in [1.54, 1.807) is 0 Å². The normalized spacial score (nSPS) is 14.5. The number of hydrogen-bond donors (Lipinski definition) is 1. The van der Waals surface area contributed by atoms with Crippen LogP contribution in [0.3, 0.4) is 0 Å². The van der Waals surface area contributed by atoms with Gasteiger partial charge in [-0.3, -0.25) is 0 Å². The minimum atomic E-state index is 0.182. The standard InChI is InChI=1S/C17H22BrNO/c1-11(2)14-5-7-15(8-6-14)12(3)19-13(4)16-9-10-17(18)20-16/h5-13,19H,1-4H3. The Balaban J connectivity index is 2.02. The van der Waals surface area contributed by atoms with Gasteiger partial charge in [0, 0.05) is 6.04 Å². The second-order valence-corrected chi connectivity index (χ2v) is 6.35. The van der Waals surface area contributed by atoms with Crippen LogP contribution in [0.4, 0.5) is 0 Å². The topological polar surface area (TPSA) is 25.2 Å². The second-order valence-electron chi connectivity index (χ2n) is 5.57. The molecule has 1 N–H and O–H groups in total. The van der Waals surface area contributed by atoms with Gasteiger partial charge in [0.25, 0.3) is 0 Å². The summed E-state index contributed by atoms with van der Waals surface area (Å²) in [4.78, 5) is 0. The number of nitrogens with one attached hydrogen (secondary N) is 1. The van der Waals surface area contributed by atoms with Crippen molar-refractivity contribution in [1.29, 1.82) is 0 Å². The zero-order valence-electron chi connectivity index (χ0n) is 12.5. The second kappa shape index (κ2) is 6.59. The predicted octanol–water partition coefficient (Wildman–Crippen LogP) is 5.58. The van der Waals surface area contributed by atoms with E-state index >= 15 is 0 Å². The van der Waals surface area contributed by atoms with Crippen molar-refractivity contribution < 1.29 is 4.42 Å². The highest BCUT2D eigenvalue weighted by molar-refractivity contribution is 9.10. The van der Waals surface area contributed by atoms with Crippen LogP contribution in [0, 0.1) is 0 Å². The Labute approximate surface area is 129 Å². The molecule has 0 saturated carbocycles. The fourth-order valence-corrected chi connectivity index (χ4v) is 2.60. The molecule has 0 spiro atoms. The molecule has 0 amide bonds. The lowest BCUT2D eigenvalue weighted by Gasteiger charge is -2.19. The first kappa shape index (κ1) is 15.3. The molecule has 1 aromatic heterocycles. The Morgan fingerprint density at radius 2 is 1.45 bits per heavy atom. The first-order chi connectivity index (χ1) is 9.47. The Bertz CT molecular complexity index is 544. The van der Waals surface area contributed by atoms with Crippen LogP contribution in [-0.4, -0.2) is 0 Å². The molecule has 2 aromatic rings. The van der Waals surface area contributed by atoms with E-state index in [1.165, 1.54) is 11.1 Å². The van der Waals surface area contributed by atoms with Gasteiger partial charge in [0.1, 0.15) is 5.76 Å². The van der Waals surface area contributed by atoms with Crippen molar-refractivity contribution in [3.8, 4) is 0 Å². The smallest absolute Gasteiger partial charge is 0.169 e. The van der Waals surface area contributed by atoms with Crippen molar-refractivity contribution in [1.82, 2.24) is 5.32 Å². The van der Waals surface area contributed by atoms with Gasteiger partial charge in [-0.15, -0.1) is 0 Å². The van der Waals surface area contributed by atoms with E-state index in [2.05, 4.69) is 73.2 Å². The van der Waals surface area contributed by atoms with Gasteiger partial charge in [-0.1, -0.05) is 38.1 Å². The molecule has 1 heterocycles. The predicted molar refractivity (Wildman–Crippen MR) is 86.9 cm³/mol. The van der Waals surface area contributed by atoms with Gasteiger partial charge < -0.3 is 9.73 Å². The molecule has 0 bridgehead atoms. The van der Waals surface area contributed by atoms with Crippen LogP contribution in [0.15, 0.2) is 45.5 Å². The summed E-state index contributed by atoms with van der Waals surface area (Å²) in [5.41, 5.74) is 2.68. The first-order valence-corrected chi connectivity index (χ1v) is 7.88. The molecule has 0 radical (unpaired) electrons. The molecular weight excluding hydrogens is 314 g/mol. The summed E-state index contributed by atoms with van der Waals surface area (Å²) in [5, 5.41) is 3.56. The summed E-state index contributed by atoms with van der Waals surface area (Å²) in [5.74, 6) is 1.52. The van der Waals surface area contributed by atoms with Crippen LogP contribution in [0.2, 0.25) is 0 Å². The molecule has 0 aliphatic rings. The molecule has 2 nitrogen and oxygen atoms in total. The summed E-state index contributed by atoms with van der Waals surface area (Å²) in [6.07, 6.45) is 0. The molecule has 0 aliphatic carbocycles. The van der Waals surface area contributed by atoms with Gasteiger partial charge in [0.15, 0.2) is 4.67 Å². The molecule has 2 rings (SSSR count). The molecule has 3 heteroatoms. The maximum atomic E-state index is 5.59. The highest BCUT2D eigenvalue weighted by Crippen LogP contribution is 2.24. The van der Waals surface area contributed by atoms with Crippen molar-refractivity contribution in [2.75, 3.05) is 0 Å². The van der Waals surface area contributed by atoms with Gasteiger partial charge in [-0.25, -0.2) is 0 Å². The lowest BCUT2D eigenvalue weighted by Crippen LogP contribution is -2.22. The molecule has 0 aliphatic heterocycles. The molecule has 2 atom stereocenters. The minimum absolute atomic E-state index is 0.182. The molecule has 108 valence electrons. The summed E-state index contributed by atoms with van der Waals surface area (Å²) >= 11 is 3.34. The molecular formula is C17H22BrNO. The van der Waals surface area contributed by atoms with Gasteiger partial charge in [0.2, 0.25) is 0 Å². The molecule has 2 unspecified atom stereocenters. The van der Waals surface area contributed by atoms with Gasteiger partial charge in [-0.05, 0) is 59.0 Å². The zero-order valence-corrected chi connectivity index (χ0v) is 14.1. The minimum Gasteiger partial charge on any atom is -0.453 e. The van der Waals surface area contributed by atoms with Crippen LogP contribution >= 0.6 is 15.9 Å². The van der Waals surface area contributed by atoms with E-state index in [1.807, 2.05) is 12.1 Å². The van der Waals surface area contributed by atoms with Crippen molar-refractivity contribution in [2.45, 2.75) is 45.7 Å². The lowest BCUT2D eigenvalue weighted by atomic mass is 9.99. The quantitative estimate of drug-likeness (QED) is 0.771. The maximum Gasteiger partial charge on any atom is 0.169 e. The molecule has 0 fully saturated rings. The van der Waals surface area contributed by atoms with Crippen LogP contribution in [0.25, 0.3) is 0 Å². The van der Waals surface area contributed by atoms with E-state index < -0.39 is 0 Å². The van der Waals surface area contributed by atoms with Gasteiger partial charge >= 0.3 is 0 Å². The molecule has 1 aromatic carbocycles. The van der Waals surface area contributed by atoms with E-state index in [0.29, 0.717) is 5.92 Å². The van der Waals surface area contributed by atoms with Crippen molar-refractivity contribution in [3.05, 3.63) is 58.0 Å². The van der Waals surface area contributed by atoms with Crippen molar-refractivity contribution in [2.24, 2.45) is 0 Å². The zero-order chi connectivity index (χ0) is 14.7. The highest BCUT2D eigenvalue weighted by Gasteiger charge is 2.14. The maximum absolute atomic E-state index is 5.59. The summed E-state index contributed by atoms with van der Waals surface area (Å²) in [6, 6.07) is 13.2. The fraction of sp³-hybridized carbons (Fsp3) is 0.412. The van der Waals surface area contributed by atoms with Crippen molar-refractivity contribution >= 4 is 15.9 Å². The number of halogens is 1. The number of hydrogen-bond acceptors (Lipinski definition) is 2. The largest absolute Gasteiger partial charge is 0.453 e. The molecule has 0 saturated heterocycles. The van der Waals surface area contributed by atoms with E-state index in [4.69, 9.17) is 4.42 Å². The van der Waals surface area contributed by atoms with Crippen LogP contribution in [0.5, 0.6) is 0 Å². The van der Waals surface area contributed by atoms with E-state index in [0.717, 1.165) is 10.4 Å². The third-order valence-electron chi connectivity index (χ3n) is 3.62. The van der Waals surface area contributed by atoms with E-state index in [9.17, 15) is 0 Å². The number of furan rings is 1. The summed E-state index contributed by atoms with van der Waals surface area (Å²) < 4.78 is 6.36. The Morgan fingerprint density at radius 3 is 1.95 bits per heavy atom. The third-order valence-corrected chi connectivity index (χ3v) is 4.05. The lowest BCUT2D eigenvalue weighted by molar-refractivity contribution is 0.394. The van der Waals surface area contributed by atoms with Crippen LogP contribution < -0.4 is 5.32 Å². The highest BCUT2D eigenvalue weighted by atomic mass is 79.9. The first-order valence-electron chi connectivity index (χ1n) is 7.08. The summed E-state index contributed by atoms with van der Waals surface area (Å²) in [7, 11) is 0. The average Bonchev–Trinajstić information content (AvgIpc) is 2.85. The Hall–Kier alpha value is -1.06. The average molecular weight is 336 g/mol. The van der Waals surface area contributed by atoms with Crippen LogP contribution in [-0.2, 0) is 0 Å². The van der Waals surface area contributed by atoms with Crippen molar-refractivity contribution in [3.63, 3.8) is 0 Å². The Kier molecular flexibility index (Phi) is 5.06. The van der Waals surface area contributed by atoms with Gasteiger partial charge in [-0.2, -0.15) is 0 Å². The SMILES string of the molecule is CC(C)c1ccc(C(C)NC(C)c2ccc(Br)o2)cc1. The van der Waals surface area contributed by atoms with Gasteiger partial charge in [0.05, 0.1) is 6.04 Å². The van der Waals surface area contributed by atoms with E-state index in [-0.39, 0.29) is 12.1 Å². The number of rotatable bonds is 5. The fourth-order valence-electron chi connectivity index (χ4n) is 2.28. The monoisotopic (exact) mass is 335 g/mol. The summed E-state index contributed by atoms with van der Waals surface area (Å²) in [6.45, 7) is 8.73. The molecule has 20 heavy (non-hydrogen) atoms. The third kappa shape index (κ3) is 3.74. The van der Waals surface area contributed by atoms with Crippen LogP contribution in [0.1, 0.15) is 62.6 Å².